The fourth-order valence-electron chi connectivity index (χ4n) is 0.972. The highest BCUT2D eigenvalue weighted by Crippen LogP contribution is 2.33. The Balaban J connectivity index is 2.27. The second kappa shape index (κ2) is 4.99. The highest BCUT2D eigenvalue weighted by Gasteiger charge is 2.07. The number of anilines is 1. The van der Waals surface area contributed by atoms with Gasteiger partial charge in [-0.25, -0.2) is 15.0 Å². The second-order valence-corrected chi connectivity index (χ2v) is 5.10. The zero-order valence-corrected chi connectivity index (χ0v) is 11.1. The van der Waals surface area contributed by atoms with Crippen molar-refractivity contribution in [3.8, 4) is 0 Å². The molecule has 0 spiro atoms. The number of nitrogen functional groups attached to an aromatic ring is 1. The van der Waals surface area contributed by atoms with E-state index in [0.29, 0.717) is 16.0 Å². The SMILES string of the molecule is Nc1nccc(Sc2ncc(Br)cn2)c1Cl. The van der Waals surface area contributed by atoms with Gasteiger partial charge in [0.25, 0.3) is 0 Å². The average molecular weight is 318 g/mol. The number of rotatable bonds is 2. The van der Waals surface area contributed by atoms with Gasteiger partial charge in [0.05, 0.1) is 9.50 Å². The highest BCUT2D eigenvalue weighted by atomic mass is 79.9. The summed E-state index contributed by atoms with van der Waals surface area (Å²) in [7, 11) is 0. The van der Waals surface area contributed by atoms with E-state index in [9.17, 15) is 0 Å². The molecule has 0 radical (unpaired) electrons. The van der Waals surface area contributed by atoms with Crippen molar-refractivity contribution in [3.05, 3.63) is 34.2 Å². The first-order chi connectivity index (χ1) is 7.66. The molecule has 0 bridgehead atoms. The van der Waals surface area contributed by atoms with Gasteiger partial charge in [0.1, 0.15) is 5.82 Å². The number of hydrogen-bond donors (Lipinski definition) is 1. The summed E-state index contributed by atoms with van der Waals surface area (Å²) in [6.45, 7) is 0. The summed E-state index contributed by atoms with van der Waals surface area (Å²) in [6.07, 6.45) is 4.95. The van der Waals surface area contributed by atoms with E-state index in [0.717, 1.165) is 9.37 Å². The Bertz CT molecular complexity index is 505. The van der Waals surface area contributed by atoms with Crippen molar-refractivity contribution in [1.82, 2.24) is 15.0 Å². The highest BCUT2D eigenvalue weighted by molar-refractivity contribution is 9.10. The lowest BCUT2D eigenvalue weighted by atomic mass is 10.5. The molecule has 2 rings (SSSR count). The van der Waals surface area contributed by atoms with E-state index < -0.39 is 0 Å². The minimum Gasteiger partial charge on any atom is -0.382 e. The lowest BCUT2D eigenvalue weighted by molar-refractivity contribution is 0.958. The predicted molar refractivity (Wildman–Crippen MR) is 67.5 cm³/mol. The lowest BCUT2D eigenvalue weighted by Gasteiger charge is -2.03. The first kappa shape index (κ1) is 11.6. The number of pyridine rings is 1. The average Bonchev–Trinajstić information content (AvgIpc) is 2.28. The van der Waals surface area contributed by atoms with Crippen LogP contribution in [0, 0.1) is 0 Å². The molecule has 0 saturated heterocycles. The molecule has 2 aromatic heterocycles. The van der Waals surface area contributed by atoms with Crippen LogP contribution in [-0.2, 0) is 0 Å². The van der Waals surface area contributed by atoms with E-state index in [2.05, 4.69) is 30.9 Å². The van der Waals surface area contributed by atoms with Gasteiger partial charge >= 0.3 is 0 Å². The van der Waals surface area contributed by atoms with Gasteiger partial charge < -0.3 is 5.73 Å². The molecular formula is C9H6BrClN4S. The van der Waals surface area contributed by atoms with Crippen molar-refractivity contribution in [2.75, 3.05) is 5.73 Å². The smallest absolute Gasteiger partial charge is 0.192 e. The van der Waals surface area contributed by atoms with Gasteiger partial charge in [0.15, 0.2) is 5.16 Å². The Morgan fingerprint density at radius 2 is 1.94 bits per heavy atom. The molecule has 4 nitrogen and oxygen atoms in total. The minimum atomic E-state index is 0.309. The molecule has 0 atom stereocenters. The Labute approximate surface area is 110 Å². The topological polar surface area (TPSA) is 64.7 Å². The normalized spacial score (nSPS) is 10.4. The number of hydrogen-bond acceptors (Lipinski definition) is 5. The fraction of sp³-hybridized carbons (Fsp3) is 0. The first-order valence-corrected chi connectivity index (χ1v) is 6.21. The van der Waals surface area contributed by atoms with Gasteiger partial charge in [0, 0.05) is 23.5 Å². The summed E-state index contributed by atoms with van der Waals surface area (Å²) in [5.74, 6) is 0.309. The summed E-state index contributed by atoms with van der Waals surface area (Å²) in [5.41, 5.74) is 5.59. The third-order valence-corrected chi connectivity index (χ3v) is 3.55. The number of aromatic nitrogens is 3. The quantitative estimate of drug-likeness (QED) is 0.863. The van der Waals surface area contributed by atoms with Crippen LogP contribution in [0.15, 0.2) is 39.2 Å². The summed E-state index contributed by atoms with van der Waals surface area (Å²) >= 11 is 10.6. The fourth-order valence-corrected chi connectivity index (χ4v) is 2.13. The molecule has 0 fully saturated rings. The maximum Gasteiger partial charge on any atom is 0.192 e. The largest absolute Gasteiger partial charge is 0.382 e. The zero-order chi connectivity index (χ0) is 11.5. The number of halogens is 2. The van der Waals surface area contributed by atoms with Gasteiger partial charge in [-0.3, -0.25) is 0 Å². The van der Waals surface area contributed by atoms with Crippen LogP contribution in [-0.4, -0.2) is 15.0 Å². The molecule has 0 amide bonds. The summed E-state index contributed by atoms with van der Waals surface area (Å²) in [5, 5.41) is 1.04. The van der Waals surface area contributed by atoms with Crippen molar-refractivity contribution >= 4 is 45.1 Å². The molecule has 0 aliphatic rings. The van der Waals surface area contributed by atoms with Gasteiger partial charge in [-0.2, -0.15) is 0 Å². The third-order valence-electron chi connectivity index (χ3n) is 1.68. The summed E-state index contributed by atoms with van der Waals surface area (Å²) in [6, 6.07) is 1.77. The van der Waals surface area contributed by atoms with Crippen LogP contribution in [0.1, 0.15) is 0 Å². The van der Waals surface area contributed by atoms with Crippen molar-refractivity contribution < 1.29 is 0 Å². The molecule has 16 heavy (non-hydrogen) atoms. The Kier molecular flexibility index (Phi) is 3.63. The van der Waals surface area contributed by atoms with E-state index in [4.69, 9.17) is 17.3 Å². The number of nitrogens with two attached hydrogens (primary N) is 1. The molecule has 7 heteroatoms. The van der Waals surface area contributed by atoms with Crippen LogP contribution in [0.25, 0.3) is 0 Å². The van der Waals surface area contributed by atoms with Crippen molar-refractivity contribution in [3.63, 3.8) is 0 Å². The second-order valence-electron chi connectivity index (χ2n) is 2.79. The van der Waals surface area contributed by atoms with Crippen molar-refractivity contribution in [1.29, 1.82) is 0 Å². The predicted octanol–water partition coefficient (Wildman–Crippen LogP) is 3.02. The maximum absolute atomic E-state index is 6.00. The van der Waals surface area contributed by atoms with E-state index in [1.807, 2.05) is 0 Å². The zero-order valence-electron chi connectivity index (χ0n) is 7.89. The van der Waals surface area contributed by atoms with E-state index in [1.165, 1.54) is 11.8 Å². The minimum absolute atomic E-state index is 0.309. The Morgan fingerprint density at radius 1 is 1.25 bits per heavy atom. The van der Waals surface area contributed by atoms with Crippen molar-refractivity contribution in [2.24, 2.45) is 0 Å². The van der Waals surface area contributed by atoms with E-state index >= 15 is 0 Å². The van der Waals surface area contributed by atoms with Crippen LogP contribution in [0.3, 0.4) is 0 Å². The summed E-state index contributed by atoms with van der Waals surface area (Å²) < 4.78 is 0.831. The molecule has 0 aliphatic carbocycles. The standard InChI is InChI=1S/C9H6BrClN4S/c10-5-3-14-9(15-4-5)16-6-1-2-13-8(12)7(6)11/h1-4H,(H2,12,13). The van der Waals surface area contributed by atoms with Gasteiger partial charge in [0.2, 0.25) is 0 Å². The first-order valence-electron chi connectivity index (χ1n) is 4.22. The van der Waals surface area contributed by atoms with Gasteiger partial charge in [-0.15, -0.1) is 0 Å². The molecule has 2 heterocycles. The molecule has 2 aromatic rings. The maximum atomic E-state index is 6.00. The number of nitrogens with zero attached hydrogens (tertiary/aromatic N) is 3. The Hall–Kier alpha value is -0.850. The summed E-state index contributed by atoms with van der Waals surface area (Å²) in [4.78, 5) is 12.9. The molecule has 0 aromatic carbocycles. The van der Waals surface area contributed by atoms with Gasteiger partial charge in [-0.1, -0.05) is 11.6 Å². The van der Waals surface area contributed by atoms with Crippen LogP contribution < -0.4 is 5.73 Å². The van der Waals surface area contributed by atoms with Crippen molar-refractivity contribution in [2.45, 2.75) is 10.1 Å². The van der Waals surface area contributed by atoms with E-state index in [-0.39, 0.29) is 0 Å². The lowest BCUT2D eigenvalue weighted by Crippen LogP contribution is -1.92. The van der Waals surface area contributed by atoms with Crippen LogP contribution in [0.5, 0.6) is 0 Å². The Morgan fingerprint density at radius 3 is 2.62 bits per heavy atom. The molecule has 0 unspecified atom stereocenters. The third kappa shape index (κ3) is 2.63. The molecular weight excluding hydrogens is 312 g/mol. The molecule has 0 aliphatic heterocycles. The van der Waals surface area contributed by atoms with Gasteiger partial charge in [-0.05, 0) is 33.8 Å². The van der Waals surface area contributed by atoms with Crippen LogP contribution in [0.4, 0.5) is 5.82 Å². The van der Waals surface area contributed by atoms with E-state index in [1.54, 1.807) is 24.7 Å². The molecule has 0 saturated carbocycles. The molecule has 2 N–H and O–H groups in total. The monoisotopic (exact) mass is 316 g/mol. The van der Waals surface area contributed by atoms with Crippen LogP contribution >= 0.6 is 39.3 Å². The van der Waals surface area contributed by atoms with Crippen LogP contribution in [0.2, 0.25) is 5.02 Å². The molecule has 82 valence electrons.